The van der Waals surface area contributed by atoms with Crippen LogP contribution >= 0.6 is 0 Å². The van der Waals surface area contributed by atoms with Crippen LogP contribution in [0, 0.1) is 13.8 Å². The van der Waals surface area contributed by atoms with E-state index in [4.69, 9.17) is 4.74 Å². The van der Waals surface area contributed by atoms with Crippen LogP contribution in [0.15, 0.2) is 0 Å². The molecule has 0 saturated heterocycles. The Bertz CT molecular complexity index is 236. The van der Waals surface area contributed by atoms with Crippen LogP contribution < -0.4 is 4.74 Å². The number of aryl methyl sites for hydroxylation is 2. The summed E-state index contributed by atoms with van der Waals surface area (Å²) >= 11 is 0. The summed E-state index contributed by atoms with van der Waals surface area (Å²) < 4.78 is 4.77. The minimum absolute atomic E-state index is 0.322. The van der Waals surface area contributed by atoms with Crippen LogP contribution in [-0.2, 0) is 0 Å². The lowest BCUT2D eigenvalue weighted by Gasteiger charge is -1.98. The summed E-state index contributed by atoms with van der Waals surface area (Å²) in [5.74, 6) is 0. The van der Waals surface area contributed by atoms with Crippen LogP contribution in [0.2, 0.25) is 0 Å². The third-order valence-electron chi connectivity index (χ3n) is 1.26. The number of nitrogens with zero attached hydrogens (tertiary/aromatic N) is 3. The number of hydrogen-bond acceptors (Lipinski definition) is 4. The molecule has 1 aromatic heterocycles. The van der Waals surface area contributed by atoms with Crippen molar-refractivity contribution in [1.82, 2.24) is 15.2 Å². The van der Waals surface area contributed by atoms with Gasteiger partial charge < -0.3 is 4.74 Å². The molecule has 4 heteroatoms. The van der Waals surface area contributed by atoms with Crippen molar-refractivity contribution >= 4 is 0 Å². The molecular weight excluding hydrogens is 130 g/mol. The molecule has 0 aliphatic heterocycles. The molecule has 0 saturated carbocycles. The van der Waals surface area contributed by atoms with Crippen LogP contribution in [0.3, 0.4) is 0 Å². The van der Waals surface area contributed by atoms with Gasteiger partial charge in [-0.15, -0.1) is 5.10 Å². The Morgan fingerprint density at radius 3 is 2.30 bits per heavy atom. The van der Waals surface area contributed by atoms with Gasteiger partial charge in [0, 0.05) is 0 Å². The summed E-state index contributed by atoms with van der Waals surface area (Å²) in [6, 6.07) is 0.322. The normalized spacial score (nSPS) is 9.50. The standard InChI is InChI=1S/C6H9N3O/c1-4-5(2)8-9-6(7-4)10-3/h1-3H3. The third-order valence-corrected chi connectivity index (χ3v) is 1.26. The van der Waals surface area contributed by atoms with Gasteiger partial charge in [0.15, 0.2) is 0 Å². The smallest absolute Gasteiger partial charge is 0.335 e. The summed E-state index contributed by atoms with van der Waals surface area (Å²) in [7, 11) is 1.52. The molecule has 1 rings (SSSR count). The third kappa shape index (κ3) is 1.21. The van der Waals surface area contributed by atoms with Gasteiger partial charge in [-0.2, -0.15) is 4.98 Å². The fraction of sp³-hybridized carbons (Fsp3) is 0.500. The monoisotopic (exact) mass is 139 g/mol. The number of rotatable bonds is 1. The average Bonchev–Trinajstić information content (AvgIpc) is 1.95. The van der Waals surface area contributed by atoms with Crippen LogP contribution in [0.25, 0.3) is 0 Å². The lowest BCUT2D eigenvalue weighted by Crippen LogP contribution is -1.99. The van der Waals surface area contributed by atoms with E-state index in [1.54, 1.807) is 0 Å². The summed E-state index contributed by atoms with van der Waals surface area (Å²) in [5, 5.41) is 7.49. The van der Waals surface area contributed by atoms with E-state index in [1.165, 1.54) is 7.11 Å². The molecule has 0 atom stereocenters. The highest BCUT2D eigenvalue weighted by molar-refractivity contribution is 5.07. The van der Waals surface area contributed by atoms with Crippen molar-refractivity contribution in [2.24, 2.45) is 0 Å². The van der Waals surface area contributed by atoms with E-state index in [0.717, 1.165) is 11.4 Å². The first-order valence-corrected chi connectivity index (χ1v) is 2.96. The Kier molecular flexibility index (Phi) is 1.80. The quantitative estimate of drug-likeness (QED) is 0.568. The molecule has 0 aliphatic carbocycles. The SMILES string of the molecule is COc1nnc(C)c(C)n1. The average molecular weight is 139 g/mol. The van der Waals surface area contributed by atoms with Gasteiger partial charge in [0.1, 0.15) is 0 Å². The molecule has 0 fully saturated rings. The summed E-state index contributed by atoms with van der Waals surface area (Å²) in [6.07, 6.45) is 0. The van der Waals surface area contributed by atoms with Crippen molar-refractivity contribution in [2.75, 3.05) is 7.11 Å². The molecule has 0 N–H and O–H groups in total. The van der Waals surface area contributed by atoms with E-state index < -0.39 is 0 Å². The van der Waals surface area contributed by atoms with Gasteiger partial charge in [-0.25, -0.2) is 0 Å². The predicted octanol–water partition coefficient (Wildman–Crippen LogP) is 0.497. The van der Waals surface area contributed by atoms with Crippen LogP contribution in [0.1, 0.15) is 11.4 Å². The van der Waals surface area contributed by atoms with E-state index in [2.05, 4.69) is 15.2 Å². The fourth-order valence-corrected chi connectivity index (χ4v) is 0.523. The van der Waals surface area contributed by atoms with Crippen LogP contribution in [0.5, 0.6) is 6.01 Å². The minimum Gasteiger partial charge on any atom is -0.466 e. The summed E-state index contributed by atoms with van der Waals surface area (Å²) in [5.41, 5.74) is 1.69. The number of methoxy groups -OCH3 is 1. The molecule has 0 amide bonds. The Labute approximate surface area is 59.3 Å². The molecule has 10 heavy (non-hydrogen) atoms. The highest BCUT2D eigenvalue weighted by Crippen LogP contribution is 2.02. The molecular formula is C6H9N3O. The number of aromatic nitrogens is 3. The Balaban J connectivity index is 3.04. The first kappa shape index (κ1) is 6.92. The van der Waals surface area contributed by atoms with Gasteiger partial charge in [0.25, 0.3) is 0 Å². The van der Waals surface area contributed by atoms with Crippen molar-refractivity contribution in [1.29, 1.82) is 0 Å². The Morgan fingerprint density at radius 2 is 1.80 bits per heavy atom. The Morgan fingerprint density at radius 1 is 1.10 bits per heavy atom. The van der Waals surface area contributed by atoms with Crippen LogP contribution in [0.4, 0.5) is 0 Å². The fourth-order valence-electron chi connectivity index (χ4n) is 0.523. The molecule has 0 aliphatic rings. The minimum atomic E-state index is 0.322. The molecule has 0 aromatic carbocycles. The first-order valence-electron chi connectivity index (χ1n) is 2.96. The van der Waals surface area contributed by atoms with E-state index in [1.807, 2.05) is 13.8 Å². The topological polar surface area (TPSA) is 47.9 Å². The van der Waals surface area contributed by atoms with Crippen molar-refractivity contribution in [3.8, 4) is 6.01 Å². The second kappa shape index (κ2) is 2.60. The van der Waals surface area contributed by atoms with Gasteiger partial charge in [0.2, 0.25) is 0 Å². The maximum atomic E-state index is 4.77. The van der Waals surface area contributed by atoms with Gasteiger partial charge in [0.05, 0.1) is 18.5 Å². The van der Waals surface area contributed by atoms with E-state index in [9.17, 15) is 0 Å². The van der Waals surface area contributed by atoms with Crippen molar-refractivity contribution in [2.45, 2.75) is 13.8 Å². The lowest BCUT2D eigenvalue weighted by molar-refractivity contribution is 0.371. The van der Waals surface area contributed by atoms with Crippen molar-refractivity contribution < 1.29 is 4.74 Å². The molecule has 1 aromatic rings. The second-order valence-corrected chi connectivity index (χ2v) is 1.97. The molecule has 54 valence electrons. The van der Waals surface area contributed by atoms with Gasteiger partial charge in [-0.3, -0.25) is 0 Å². The zero-order chi connectivity index (χ0) is 7.56. The highest BCUT2D eigenvalue weighted by Gasteiger charge is 1.98. The van der Waals surface area contributed by atoms with Gasteiger partial charge in [-0.1, -0.05) is 5.10 Å². The molecule has 0 bridgehead atoms. The zero-order valence-electron chi connectivity index (χ0n) is 6.25. The molecule has 1 heterocycles. The van der Waals surface area contributed by atoms with Crippen molar-refractivity contribution in [3.05, 3.63) is 11.4 Å². The number of ether oxygens (including phenoxy) is 1. The molecule has 0 radical (unpaired) electrons. The predicted molar refractivity (Wildman–Crippen MR) is 35.9 cm³/mol. The summed E-state index contributed by atoms with van der Waals surface area (Å²) in [4.78, 5) is 4.00. The molecule has 0 unspecified atom stereocenters. The first-order chi connectivity index (χ1) is 4.74. The van der Waals surface area contributed by atoms with Crippen LogP contribution in [-0.4, -0.2) is 22.3 Å². The van der Waals surface area contributed by atoms with E-state index >= 15 is 0 Å². The Hall–Kier alpha value is -1.19. The van der Waals surface area contributed by atoms with E-state index in [0.29, 0.717) is 6.01 Å². The second-order valence-electron chi connectivity index (χ2n) is 1.97. The van der Waals surface area contributed by atoms with Gasteiger partial charge >= 0.3 is 6.01 Å². The lowest BCUT2D eigenvalue weighted by atomic mass is 10.4. The maximum absolute atomic E-state index is 4.77. The zero-order valence-corrected chi connectivity index (χ0v) is 6.25. The van der Waals surface area contributed by atoms with Crippen molar-refractivity contribution in [3.63, 3.8) is 0 Å². The highest BCUT2D eigenvalue weighted by atomic mass is 16.5. The van der Waals surface area contributed by atoms with Gasteiger partial charge in [-0.05, 0) is 13.8 Å². The maximum Gasteiger partial charge on any atom is 0.335 e. The number of hydrogen-bond donors (Lipinski definition) is 0. The van der Waals surface area contributed by atoms with E-state index in [-0.39, 0.29) is 0 Å². The molecule has 4 nitrogen and oxygen atoms in total. The largest absolute Gasteiger partial charge is 0.466 e. The molecule has 0 spiro atoms. The summed E-state index contributed by atoms with van der Waals surface area (Å²) in [6.45, 7) is 3.72.